The Hall–Kier alpha value is -1.86. The molecule has 0 aliphatic heterocycles. The van der Waals surface area contributed by atoms with Gasteiger partial charge in [0.15, 0.2) is 0 Å². The number of unbranched alkanes of at least 4 members (excludes halogenated alkanes) is 2. The molecule has 0 saturated carbocycles. The van der Waals surface area contributed by atoms with Gasteiger partial charge < -0.3 is 4.90 Å². The molecule has 25 heavy (non-hydrogen) atoms. The maximum atomic E-state index is 2.64. The van der Waals surface area contributed by atoms with Crippen molar-refractivity contribution in [2.24, 2.45) is 0 Å². The third kappa shape index (κ3) is 6.88. The smallest absolute Gasteiger partial charge is 0.00162 e. The highest BCUT2D eigenvalue weighted by Crippen LogP contribution is 2.23. The summed E-state index contributed by atoms with van der Waals surface area (Å²) in [4.78, 5) is 2.64. The molecule has 0 aliphatic rings. The molecule has 1 heteroatoms. The van der Waals surface area contributed by atoms with Crippen molar-refractivity contribution in [1.29, 1.82) is 0 Å². The Balaban J connectivity index is 2.09. The van der Waals surface area contributed by atoms with E-state index in [0.29, 0.717) is 0 Å². The monoisotopic (exact) mass is 335 g/mol. The van der Waals surface area contributed by atoms with Crippen molar-refractivity contribution in [1.82, 2.24) is 4.90 Å². The number of rotatable bonds is 11. The summed E-state index contributed by atoms with van der Waals surface area (Å²) in [7, 11) is 0. The highest BCUT2D eigenvalue weighted by molar-refractivity contribution is 5.79. The van der Waals surface area contributed by atoms with Gasteiger partial charge in [-0.3, -0.25) is 0 Å². The first kappa shape index (κ1) is 19.5. The number of hydrogen-bond acceptors (Lipinski definition) is 1. The number of nitrogens with zero attached hydrogens (tertiary/aromatic N) is 1. The van der Waals surface area contributed by atoms with E-state index in [9.17, 15) is 0 Å². The zero-order chi connectivity index (χ0) is 17.7. The lowest BCUT2D eigenvalue weighted by molar-refractivity contribution is 0.270. The van der Waals surface area contributed by atoms with Gasteiger partial charge in [-0.2, -0.15) is 0 Å². The van der Waals surface area contributed by atoms with Gasteiger partial charge in [0.25, 0.3) is 0 Å². The Morgan fingerprint density at radius 2 is 1.20 bits per heavy atom. The third-order valence-electron chi connectivity index (χ3n) is 4.62. The summed E-state index contributed by atoms with van der Waals surface area (Å²) in [6.07, 6.45) is 8.69. The molecule has 2 aromatic carbocycles. The van der Waals surface area contributed by atoms with Gasteiger partial charge in [0, 0.05) is 6.54 Å². The maximum absolute atomic E-state index is 2.64. The van der Waals surface area contributed by atoms with Gasteiger partial charge >= 0.3 is 0 Å². The molecule has 2 aromatic rings. The highest BCUT2D eigenvalue weighted by Gasteiger charge is 2.06. The Labute approximate surface area is 154 Å². The predicted molar refractivity (Wildman–Crippen MR) is 111 cm³/mol. The second-order valence-electron chi connectivity index (χ2n) is 6.69. The quantitative estimate of drug-likeness (QED) is 0.458. The molecule has 0 atom stereocenters. The average molecular weight is 336 g/mol. The molecule has 0 bridgehead atoms. The second-order valence-corrected chi connectivity index (χ2v) is 6.69. The lowest BCUT2D eigenvalue weighted by Crippen LogP contribution is -2.27. The zero-order valence-electron chi connectivity index (χ0n) is 16.0. The molecule has 134 valence electrons. The van der Waals surface area contributed by atoms with Crippen molar-refractivity contribution in [3.05, 3.63) is 77.9 Å². The lowest BCUT2D eigenvalue weighted by atomic mass is 9.97. The minimum Gasteiger partial charge on any atom is -0.303 e. The first-order valence-electron chi connectivity index (χ1n) is 9.88. The van der Waals surface area contributed by atoms with Crippen LogP contribution >= 0.6 is 0 Å². The van der Waals surface area contributed by atoms with Crippen molar-refractivity contribution in [2.45, 2.75) is 46.0 Å². The van der Waals surface area contributed by atoms with Gasteiger partial charge in [-0.05, 0) is 49.1 Å². The van der Waals surface area contributed by atoms with Crippen molar-refractivity contribution in [3.8, 4) is 0 Å². The van der Waals surface area contributed by atoms with Crippen molar-refractivity contribution < 1.29 is 0 Å². The molecule has 0 heterocycles. The molecular weight excluding hydrogens is 302 g/mol. The summed E-state index contributed by atoms with van der Waals surface area (Å²) in [6.45, 7) is 8.18. The van der Waals surface area contributed by atoms with Gasteiger partial charge in [-0.1, -0.05) is 93.4 Å². The summed E-state index contributed by atoms with van der Waals surface area (Å²) >= 11 is 0. The minimum absolute atomic E-state index is 1.10. The molecule has 0 N–H and O–H groups in total. The first-order chi connectivity index (χ1) is 12.3. The molecular formula is C24H33N. The fourth-order valence-corrected chi connectivity index (χ4v) is 3.13. The predicted octanol–water partition coefficient (Wildman–Crippen LogP) is 6.41. The topological polar surface area (TPSA) is 3.24 Å². The van der Waals surface area contributed by atoms with E-state index in [1.165, 1.54) is 55.5 Å². The van der Waals surface area contributed by atoms with E-state index in [0.717, 1.165) is 13.0 Å². The molecule has 0 aliphatic carbocycles. The Bertz CT molecular complexity index is 551. The fraction of sp³-hybridized carbons (Fsp3) is 0.417. The molecule has 0 fully saturated rings. The summed E-state index contributed by atoms with van der Waals surface area (Å²) in [6, 6.07) is 21.5. The van der Waals surface area contributed by atoms with Crippen molar-refractivity contribution in [2.75, 3.05) is 19.6 Å². The second kappa shape index (κ2) is 11.7. The zero-order valence-corrected chi connectivity index (χ0v) is 16.0. The van der Waals surface area contributed by atoms with Gasteiger partial charge in [0.1, 0.15) is 0 Å². The van der Waals surface area contributed by atoms with Crippen molar-refractivity contribution in [3.63, 3.8) is 0 Å². The lowest BCUT2D eigenvalue weighted by Gasteiger charge is -2.21. The Morgan fingerprint density at radius 3 is 1.64 bits per heavy atom. The standard InChI is InChI=1S/C24H33N/c1-3-5-19-25(20-6-4-2)21-13-18-24(22-14-9-7-10-15-22)23-16-11-8-12-17-23/h7-12,14-18H,3-6,13,19-21H2,1-2H3. The molecule has 0 amide bonds. The van der Waals surface area contributed by atoms with Crippen LogP contribution in [0, 0.1) is 0 Å². The molecule has 2 rings (SSSR count). The highest BCUT2D eigenvalue weighted by atomic mass is 15.1. The largest absolute Gasteiger partial charge is 0.303 e. The fourth-order valence-electron chi connectivity index (χ4n) is 3.13. The maximum Gasteiger partial charge on any atom is 0.00162 e. The van der Waals surface area contributed by atoms with E-state index >= 15 is 0 Å². The van der Waals surface area contributed by atoms with Gasteiger partial charge in [0.05, 0.1) is 0 Å². The Morgan fingerprint density at radius 1 is 0.720 bits per heavy atom. The van der Waals surface area contributed by atoms with E-state index in [1.807, 2.05) is 0 Å². The van der Waals surface area contributed by atoms with Crippen LogP contribution in [-0.4, -0.2) is 24.5 Å². The summed E-state index contributed by atoms with van der Waals surface area (Å²) < 4.78 is 0. The van der Waals surface area contributed by atoms with Crippen LogP contribution in [0.25, 0.3) is 5.57 Å². The SMILES string of the molecule is CCCCN(CCC=C(c1ccccc1)c1ccccc1)CCCC. The van der Waals surface area contributed by atoms with Gasteiger partial charge in [-0.25, -0.2) is 0 Å². The normalized spacial score (nSPS) is 10.8. The molecule has 0 radical (unpaired) electrons. The van der Waals surface area contributed by atoms with E-state index in [2.05, 4.69) is 85.5 Å². The van der Waals surface area contributed by atoms with Crippen LogP contribution in [0.5, 0.6) is 0 Å². The van der Waals surface area contributed by atoms with E-state index < -0.39 is 0 Å². The van der Waals surface area contributed by atoms with Crippen LogP contribution in [-0.2, 0) is 0 Å². The van der Waals surface area contributed by atoms with E-state index in [-0.39, 0.29) is 0 Å². The van der Waals surface area contributed by atoms with Crippen LogP contribution < -0.4 is 0 Å². The van der Waals surface area contributed by atoms with E-state index in [4.69, 9.17) is 0 Å². The van der Waals surface area contributed by atoms with Crippen LogP contribution in [0.15, 0.2) is 66.7 Å². The first-order valence-corrected chi connectivity index (χ1v) is 9.88. The molecule has 0 unspecified atom stereocenters. The average Bonchev–Trinajstić information content (AvgIpc) is 2.68. The van der Waals surface area contributed by atoms with Gasteiger partial charge in [-0.15, -0.1) is 0 Å². The molecule has 0 spiro atoms. The van der Waals surface area contributed by atoms with Crippen LogP contribution in [0.4, 0.5) is 0 Å². The summed E-state index contributed by atoms with van der Waals surface area (Å²) in [5, 5.41) is 0. The van der Waals surface area contributed by atoms with Crippen LogP contribution in [0.2, 0.25) is 0 Å². The molecule has 1 nitrogen and oxygen atoms in total. The van der Waals surface area contributed by atoms with Crippen molar-refractivity contribution >= 4 is 5.57 Å². The summed E-state index contributed by atoms with van der Waals surface area (Å²) in [5.74, 6) is 0. The van der Waals surface area contributed by atoms with Gasteiger partial charge in [0.2, 0.25) is 0 Å². The third-order valence-corrected chi connectivity index (χ3v) is 4.62. The summed E-state index contributed by atoms with van der Waals surface area (Å²) in [5.41, 5.74) is 3.97. The molecule has 0 aromatic heterocycles. The molecule has 0 saturated heterocycles. The van der Waals surface area contributed by atoms with Crippen LogP contribution in [0.1, 0.15) is 57.1 Å². The number of benzene rings is 2. The van der Waals surface area contributed by atoms with Crippen LogP contribution in [0.3, 0.4) is 0 Å². The van der Waals surface area contributed by atoms with E-state index in [1.54, 1.807) is 0 Å². The number of hydrogen-bond donors (Lipinski definition) is 0. The minimum atomic E-state index is 1.10. The Kier molecular flexibility index (Phi) is 9.07.